The van der Waals surface area contributed by atoms with E-state index in [4.69, 9.17) is 9.47 Å². The van der Waals surface area contributed by atoms with Crippen molar-refractivity contribution < 1.29 is 14.3 Å². The third-order valence-electron chi connectivity index (χ3n) is 5.96. The molecule has 25 heavy (non-hydrogen) atoms. The van der Waals surface area contributed by atoms with Gasteiger partial charge in [-0.15, -0.1) is 0 Å². The fourth-order valence-corrected chi connectivity index (χ4v) is 4.49. The van der Waals surface area contributed by atoms with Crippen LogP contribution in [0.3, 0.4) is 0 Å². The number of carbonyl (C=O) groups is 1. The first-order chi connectivity index (χ1) is 12.2. The molecule has 0 saturated carbocycles. The van der Waals surface area contributed by atoms with Gasteiger partial charge in [-0.05, 0) is 44.4 Å². The Kier molecular flexibility index (Phi) is 4.99. The van der Waals surface area contributed by atoms with Crippen LogP contribution in [0.4, 0.5) is 0 Å². The van der Waals surface area contributed by atoms with Gasteiger partial charge in [0.25, 0.3) is 0 Å². The van der Waals surface area contributed by atoms with Crippen LogP contribution in [0.2, 0.25) is 0 Å². The van der Waals surface area contributed by atoms with Gasteiger partial charge in [0.1, 0.15) is 0 Å². The molecular formula is C19H27N3O3. The lowest BCUT2D eigenvalue weighted by atomic mass is 9.83. The lowest BCUT2D eigenvalue weighted by molar-refractivity contribution is -0.143. The minimum absolute atomic E-state index is 0.0284. The fraction of sp³-hybridized carbons (Fsp3) is 0.737. The number of aromatic nitrogens is 2. The second-order valence-corrected chi connectivity index (χ2v) is 7.68. The maximum absolute atomic E-state index is 12.7. The topological polar surface area (TPSA) is 64.5 Å². The van der Waals surface area contributed by atoms with E-state index in [2.05, 4.69) is 14.9 Å². The van der Waals surface area contributed by atoms with Gasteiger partial charge in [0.2, 0.25) is 5.91 Å². The zero-order chi connectivity index (χ0) is 17.1. The number of hydrogen-bond acceptors (Lipinski definition) is 5. The maximum atomic E-state index is 12.7. The molecule has 136 valence electrons. The summed E-state index contributed by atoms with van der Waals surface area (Å²) in [4.78, 5) is 23.3. The van der Waals surface area contributed by atoms with E-state index in [1.807, 2.05) is 6.20 Å². The Morgan fingerprint density at radius 3 is 2.76 bits per heavy atom. The summed E-state index contributed by atoms with van der Waals surface area (Å²) in [7, 11) is 0. The normalized spacial score (nSPS) is 26.9. The minimum atomic E-state index is -0.0284. The van der Waals surface area contributed by atoms with Crippen LogP contribution < -0.4 is 0 Å². The molecule has 3 saturated heterocycles. The van der Waals surface area contributed by atoms with Gasteiger partial charge in [0.15, 0.2) is 0 Å². The molecule has 6 nitrogen and oxygen atoms in total. The zero-order valence-corrected chi connectivity index (χ0v) is 14.7. The van der Waals surface area contributed by atoms with Gasteiger partial charge < -0.3 is 14.4 Å². The van der Waals surface area contributed by atoms with Crippen molar-refractivity contribution in [1.29, 1.82) is 0 Å². The lowest BCUT2D eigenvalue weighted by Crippen LogP contribution is -2.48. The molecule has 0 bridgehead atoms. The Labute approximate surface area is 148 Å². The van der Waals surface area contributed by atoms with Crippen LogP contribution in [0.1, 0.15) is 37.8 Å². The average Bonchev–Trinajstić information content (AvgIpc) is 3.05. The number of rotatable bonds is 3. The highest BCUT2D eigenvalue weighted by Gasteiger charge is 2.44. The summed E-state index contributed by atoms with van der Waals surface area (Å²) in [5, 5.41) is 0. The molecule has 3 aliphatic heterocycles. The van der Waals surface area contributed by atoms with Gasteiger partial charge >= 0.3 is 0 Å². The lowest BCUT2D eigenvalue weighted by Gasteiger charge is -2.40. The quantitative estimate of drug-likeness (QED) is 0.836. The predicted molar refractivity (Wildman–Crippen MR) is 91.9 cm³/mol. The molecule has 0 aromatic carbocycles. The molecule has 6 heteroatoms. The van der Waals surface area contributed by atoms with Crippen molar-refractivity contribution in [2.45, 2.75) is 44.1 Å². The standard InChI is InChI=1S/C19H27N3O3/c23-18(16-1-9-24-10-2-16)22-7-3-19(4-8-22)12-15(14-25-19)11-17-13-20-5-6-21-17/h5-6,13,15-16H,1-4,7-12,14H2/t15-/m1/s1. The van der Waals surface area contributed by atoms with E-state index >= 15 is 0 Å². The smallest absolute Gasteiger partial charge is 0.225 e. The molecule has 0 aliphatic carbocycles. The Bertz CT molecular complexity index is 581. The third-order valence-corrected chi connectivity index (χ3v) is 5.96. The van der Waals surface area contributed by atoms with Gasteiger partial charge in [-0.2, -0.15) is 0 Å². The molecule has 3 aliphatic rings. The summed E-state index contributed by atoms with van der Waals surface area (Å²) >= 11 is 0. The van der Waals surface area contributed by atoms with E-state index in [0.29, 0.717) is 11.8 Å². The Morgan fingerprint density at radius 1 is 1.24 bits per heavy atom. The summed E-state index contributed by atoms with van der Waals surface area (Å²) in [5.74, 6) is 0.999. The number of nitrogens with zero attached hydrogens (tertiary/aromatic N) is 3. The molecule has 0 unspecified atom stereocenters. The van der Waals surface area contributed by atoms with Crippen LogP contribution in [0.25, 0.3) is 0 Å². The molecule has 4 rings (SSSR count). The first-order valence-electron chi connectivity index (χ1n) is 9.49. The second-order valence-electron chi connectivity index (χ2n) is 7.68. The number of likely N-dealkylation sites (tertiary alicyclic amines) is 1. The van der Waals surface area contributed by atoms with Crippen molar-refractivity contribution in [3.05, 3.63) is 24.3 Å². The van der Waals surface area contributed by atoms with Gasteiger partial charge in [-0.1, -0.05) is 0 Å². The Balaban J connectivity index is 1.29. The molecule has 0 N–H and O–H groups in total. The fourth-order valence-electron chi connectivity index (χ4n) is 4.49. The van der Waals surface area contributed by atoms with Crippen LogP contribution >= 0.6 is 0 Å². The molecule has 1 spiro atoms. The van der Waals surface area contributed by atoms with Crippen molar-refractivity contribution in [2.75, 3.05) is 32.9 Å². The maximum Gasteiger partial charge on any atom is 0.225 e. The second kappa shape index (κ2) is 7.38. The first kappa shape index (κ1) is 16.9. The molecule has 1 aromatic heterocycles. The van der Waals surface area contributed by atoms with Crippen molar-refractivity contribution in [3.63, 3.8) is 0 Å². The van der Waals surface area contributed by atoms with Gasteiger partial charge in [-0.3, -0.25) is 14.8 Å². The van der Waals surface area contributed by atoms with E-state index in [9.17, 15) is 4.79 Å². The molecule has 3 fully saturated rings. The van der Waals surface area contributed by atoms with Crippen LogP contribution in [0.15, 0.2) is 18.6 Å². The zero-order valence-electron chi connectivity index (χ0n) is 14.7. The number of carbonyl (C=O) groups excluding carboxylic acids is 1. The van der Waals surface area contributed by atoms with Gasteiger partial charge in [-0.25, -0.2) is 0 Å². The number of hydrogen-bond donors (Lipinski definition) is 0. The van der Waals surface area contributed by atoms with Crippen LogP contribution in [0.5, 0.6) is 0 Å². The van der Waals surface area contributed by atoms with Crippen molar-refractivity contribution in [3.8, 4) is 0 Å². The summed E-state index contributed by atoms with van der Waals surface area (Å²) in [5.41, 5.74) is 1.01. The predicted octanol–water partition coefficient (Wildman–Crippen LogP) is 1.84. The highest BCUT2D eigenvalue weighted by Crippen LogP contribution is 2.40. The summed E-state index contributed by atoms with van der Waals surface area (Å²) in [6, 6.07) is 0. The SMILES string of the molecule is O=C(C1CCOCC1)N1CCC2(CC1)C[C@@H](Cc1cnccn1)CO2. The van der Waals surface area contributed by atoms with Crippen molar-refractivity contribution >= 4 is 5.91 Å². The Hall–Kier alpha value is -1.53. The van der Waals surface area contributed by atoms with Crippen molar-refractivity contribution in [1.82, 2.24) is 14.9 Å². The van der Waals surface area contributed by atoms with E-state index < -0.39 is 0 Å². The van der Waals surface area contributed by atoms with Crippen LogP contribution in [0, 0.1) is 11.8 Å². The monoisotopic (exact) mass is 345 g/mol. The van der Waals surface area contributed by atoms with E-state index in [1.165, 1.54) is 0 Å². The van der Waals surface area contributed by atoms with E-state index in [0.717, 1.165) is 77.1 Å². The van der Waals surface area contributed by atoms with Gasteiger partial charge in [0, 0.05) is 50.8 Å². The third kappa shape index (κ3) is 3.85. The highest BCUT2D eigenvalue weighted by molar-refractivity contribution is 5.79. The van der Waals surface area contributed by atoms with Crippen LogP contribution in [-0.4, -0.2) is 59.3 Å². The molecule has 1 atom stereocenters. The molecule has 1 amide bonds. The van der Waals surface area contributed by atoms with E-state index in [1.54, 1.807) is 12.4 Å². The average molecular weight is 345 g/mol. The summed E-state index contributed by atoms with van der Waals surface area (Å²) in [6.07, 6.45) is 11.0. The largest absolute Gasteiger partial charge is 0.381 e. The van der Waals surface area contributed by atoms with Gasteiger partial charge in [0.05, 0.1) is 17.9 Å². The van der Waals surface area contributed by atoms with Crippen LogP contribution in [-0.2, 0) is 20.7 Å². The minimum Gasteiger partial charge on any atom is -0.381 e. The summed E-state index contributed by atoms with van der Waals surface area (Å²) < 4.78 is 11.6. The molecule has 4 heterocycles. The van der Waals surface area contributed by atoms with Crippen molar-refractivity contribution in [2.24, 2.45) is 11.8 Å². The first-order valence-corrected chi connectivity index (χ1v) is 9.49. The highest BCUT2D eigenvalue weighted by atomic mass is 16.5. The molecular weight excluding hydrogens is 318 g/mol. The molecule has 1 aromatic rings. The summed E-state index contributed by atoms with van der Waals surface area (Å²) in [6.45, 7) is 3.90. The molecule has 0 radical (unpaired) electrons. The number of piperidine rings is 1. The number of ether oxygens (including phenoxy) is 2. The Morgan fingerprint density at radius 2 is 2.04 bits per heavy atom. The number of amides is 1. The van der Waals surface area contributed by atoms with E-state index in [-0.39, 0.29) is 11.5 Å².